The van der Waals surface area contributed by atoms with Crippen LogP contribution in [0, 0.1) is 22.7 Å². The Hall–Kier alpha value is -2.12. The number of phenolic OH excluding ortho intramolecular Hbond substituents is 1. The van der Waals surface area contributed by atoms with Crippen molar-refractivity contribution in [1.82, 2.24) is 0 Å². The number of aliphatic hydroxyl groups excluding tert-OH is 2. The second kappa shape index (κ2) is 6.44. The molecule has 7 heteroatoms. The molecule has 0 radical (unpaired) electrons. The number of carboxylic acids is 1. The number of phenols is 1. The van der Waals surface area contributed by atoms with E-state index in [0.29, 0.717) is 24.7 Å². The zero-order valence-corrected chi connectivity index (χ0v) is 17.8. The van der Waals surface area contributed by atoms with Crippen molar-refractivity contribution >= 4 is 12.3 Å². The molecule has 1 aromatic rings. The van der Waals surface area contributed by atoms with Crippen LogP contribution in [-0.4, -0.2) is 50.5 Å². The first kappa shape index (κ1) is 21.1. The quantitative estimate of drug-likeness (QED) is 0.544. The summed E-state index contributed by atoms with van der Waals surface area (Å²) in [6.45, 7) is 8.02. The van der Waals surface area contributed by atoms with E-state index in [1.54, 1.807) is 0 Å². The molecule has 1 aliphatic heterocycles. The summed E-state index contributed by atoms with van der Waals surface area (Å²) in [5.74, 6) is -1.34. The van der Waals surface area contributed by atoms with Gasteiger partial charge in [0.1, 0.15) is 22.7 Å². The minimum Gasteiger partial charge on any atom is -0.508 e. The minimum atomic E-state index is -1.28. The van der Waals surface area contributed by atoms with E-state index >= 15 is 0 Å². The average molecular weight is 418 g/mol. The number of rotatable bonds is 2. The number of aldehydes is 1. The van der Waals surface area contributed by atoms with Crippen molar-refractivity contribution in [3.63, 3.8) is 0 Å². The smallest absolute Gasteiger partial charge is 0.340 e. The van der Waals surface area contributed by atoms with Gasteiger partial charge in [-0.05, 0) is 42.6 Å². The maximum Gasteiger partial charge on any atom is 0.340 e. The van der Waals surface area contributed by atoms with Gasteiger partial charge >= 0.3 is 5.97 Å². The van der Waals surface area contributed by atoms with Gasteiger partial charge in [-0.15, -0.1) is 0 Å². The number of hydrogen-bond donors (Lipinski definition) is 4. The summed E-state index contributed by atoms with van der Waals surface area (Å²) in [7, 11) is 0. The Bertz CT molecular complexity index is 923. The molecule has 4 rings (SSSR count). The fourth-order valence-corrected chi connectivity index (χ4v) is 6.96. The molecule has 0 aromatic heterocycles. The van der Waals surface area contributed by atoms with Gasteiger partial charge in [0, 0.05) is 23.0 Å². The summed E-state index contributed by atoms with van der Waals surface area (Å²) in [5, 5.41) is 41.8. The van der Waals surface area contributed by atoms with Crippen LogP contribution in [0.25, 0.3) is 0 Å². The van der Waals surface area contributed by atoms with Gasteiger partial charge in [0.05, 0.1) is 12.2 Å². The highest BCUT2D eigenvalue weighted by molar-refractivity contribution is 6.01. The molecule has 164 valence electrons. The molecule has 1 aromatic carbocycles. The number of fused-ring (bicyclic) bond motifs is 3. The molecule has 1 heterocycles. The lowest BCUT2D eigenvalue weighted by Crippen LogP contribution is -2.69. The topological polar surface area (TPSA) is 124 Å². The van der Waals surface area contributed by atoms with E-state index in [2.05, 4.69) is 6.92 Å². The van der Waals surface area contributed by atoms with E-state index in [1.165, 1.54) is 6.07 Å². The molecule has 7 nitrogen and oxygen atoms in total. The van der Waals surface area contributed by atoms with Crippen molar-refractivity contribution in [3.05, 3.63) is 22.8 Å². The fraction of sp³-hybridized carbons (Fsp3) is 0.652. The van der Waals surface area contributed by atoms with Crippen molar-refractivity contribution in [2.75, 3.05) is 0 Å². The molecule has 2 saturated carbocycles. The van der Waals surface area contributed by atoms with Crippen LogP contribution in [0.15, 0.2) is 6.07 Å². The number of carbonyl (C=O) groups is 2. The lowest BCUT2D eigenvalue weighted by atomic mass is 9.43. The van der Waals surface area contributed by atoms with E-state index in [4.69, 9.17) is 4.74 Å². The zero-order chi connectivity index (χ0) is 22.2. The Morgan fingerprint density at radius 2 is 1.90 bits per heavy atom. The minimum absolute atomic E-state index is 0.0186. The molecule has 0 bridgehead atoms. The van der Waals surface area contributed by atoms with Crippen LogP contribution in [0.4, 0.5) is 0 Å². The highest BCUT2D eigenvalue weighted by Gasteiger charge is 2.68. The van der Waals surface area contributed by atoms with Crippen LogP contribution < -0.4 is 4.74 Å². The van der Waals surface area contributed by atoms with E-state index in [-0.39, 0.29) is 34.5 Å². The molecule has 0 saturated heterocycles. The lowest BCUT2D eigenvalue weighted by Gasteiger charge is -2.64. The van der Waals surface area contributed by atoms with Crippen molar-refractivity contribution in [2.45, 2.75) is 71.2 Å². The van der Waals surface area contributed by atoms with Crippen LogP contribution in [0.3, 0.4) is 0 Å². The molecule has 2 aliphatic carbocycles. The van der Waals surface area contributed by atoms with Crippen LogP contribution in [0.1, 0.15) is 73.2 Å². The predicted octanol–water partition coefficient (Wildman–Crippen LogP) is 2.78. The first-order chi connectivity index (χ1) is 13.9. The SMILES string of the molecule is C[C@@H]1CC[C@@H]2C(C)(C)[C@H](O)[C@H](O)C[C@]2(C)[C@@]12Cc1c(O)cc(C=O)c(C(=O)O)c1O2. The highest BCUT2D eigenvalue weighted by atomic mass is 16.5. The molecule has 0 unspecified atom stereocenters. The van der Waals surface area contributed by atoms with Gasteiger partial charge in [0.15, 0.2) is 6.29 Å². The Morgan fingerprint density at radius 1 is 1.23 bits per heavy atom. The second-order valence-corrected chi connectivity index (χ2v) is 10.2. The number of aromatic carboxylic acids is 1. The van der Waals surface area contributed by atoms with Crippen LogP contribution in [0.2, 0.25) is 0 Å². The third-order valence-electron chi connectivity index (χ3n) is 8.53. The summed E-state index contributed by atoms with van der Waals surface area (Å²) in [6, 6.07) is 1.19. The number of aromatic hydroxyl groups is 1. The number of hydrogen-bond acceptors (Lipinski definition) is 6. The van der Waals surface area contributed by atoms with Crippen LogP contribution >= 0.6 is 0 Å². The van der Waals surface area contributed by atoms with E-state index in [1.807, 2.05) is 20.8 Å². The predicted molar refractivity (Wildman–Crippen MR) is 108 cm³/mol. The Labute approximate surface area is 175 Å². The van der Waals surface area contributed by atoms with Crippen molar-refractivity contribution < 1.29 is 34.8 Å². The molecule has 2 fully saturated rings. The van der Waals surface area contributed by atoms with Gasteiger partial charge in [-0.2, -0.15) is 0 Å². The van der Waals surface area contributed by atoms with Gasteiger partial charge in [-0.1, -0.05) is 27.7 Å². The summed E-state index contributed by atoms with van der Waals surface area (Å²) >= 11 is 0. The maximum atomic E-state index is 12.0. The van der Waals surface area contributed by atoms with Gasteiger partial charge in [0.25, 0.3) is 0 Å². The molecule has 3 aliphatic rings. The fourth-order valence-electron chi connectivity index (χ4n) is 6.96. The Balaban J connectivity index is 1.91. The largest absolute Gasteiger partial charge is 0.508 e. The number of benzene rings is 1. The van der Waals surface area contributed by atoms with Crippen molar-refractivity contribution in [1.29, 1.82) is 0 Å². The third-order valence-corrected chi connectivity index (χ3v) is 8.53. The first-order valence-corrected chi connectivity index (χ1v) is 10.5. The molecular weight excluding hydrogens is 388 g/mol. The average Bonchev–Trinajstić information content (AvgIpc) is 3.07. The molecule has 30 heavy (non-hydrogen) atoms. The van der Waals surface area contributed by atoms with Gasteiger partial charge < -0.3 is 25.2 Å². The highest BCUT2D eigenvalue weighted by Crippen LogP contribution is 2.66. The molecule has 1 spiro atoms. The summed E-state index contributed by atoms with van der Waals surface area (Å²) < 4.78 is 6.52. The van der Waals surface area contributed by atoms with Crippen molar-refractivity contribution in [3.8, 4) is 11.5 Å². The Morgan fingerprint density at radius 3 is 2.50 bits per heavy atom. The second-order valence-electron chi connectivity index (χ2n) is 10.2. The van der Waals surface area contributed by atoms with Gasteiger partial charge in [-0.25, -0.2) is 4.79 Å². The van der Waals surface area contributed by atoms with E-state index in [9.17, 15) is 30.0 Å². The number of carbonyl (C=O) groups excluding carboxylic acids is 1. The molecule has 6 atom stereocenters. The summed E-state index contributed by atoms with van der Waals surface area (Å²) in [6.07, 6.45) is 0.877. The van der Waals surface area contributed by atoms with E-state index in [0.717, 1.165) is 12.8 Å². The molecule has 0 amide bonds. The normalized spacial score (nSPS) is 39.1. The maximum absolute atomic E-state index is 12.0. The van der Waals surface area contributed by atoms with Crippen molar-refractivity contribution in [2.24, 2.45) is 22.7 Å². The molecule has 4 N–H and O–H groups in total. The third kappa shape index (κ3) is 2.45. The number of aliphatic hydroxyl groups is 2. The first-order valence-electron chi connectivity index (χ1n) is 10.5. The lowest BCUT2D eigenvalue weighted by molar-refractivity contribution is -0.240. The van der Waals surface area contributed by atoms with Gasteiger partial charge in [0.2, 0.25) is 0 Å². The summed E-state index contributed by atoms with van der Waals surface area (Å²) in [4.78, 5) is 23.5. The van der Waals surface area contributed by atoms with Crippen LogP contribution in [0.5, 0.6) is 11.5 Å². The monoisotopic (exact) mass is 418 g/mol. The Kier molecular flexibility index (Phi) is 4.53. The van der Waals surface area contributed by atoms with Crippen LogP contribution in [-0.2, 0) is 6.42 Å². The van der Waals surface area contributed by atoms with E-state index < -0.39 is 34.6 Å². The molecular formula is C23H30O7. The zero-order valence-electron chi connectivity index (χ0n) is 17.8. The number of carboxylic acid groups (broad SMARTS) is 1. The van der Waals surface area contributed by atoms with Gasteiger partial charge in [-0.3, -0.25) is 4.79 Å². The summed E-state index contributed by atoms with van der Waals surface area (Å²) in [5.41, 5.74) is -1.97. The standard InChI is InChI=1S/C23H30O7/c1-11-5-6-16-21(2,3)19(27)15(26)9-22(16,4)23(11)8-13-14(25)7-12(10-24)17(20(28)29)18(13)30-23/h7,10-11,15-16,19,25-27H,5-6,8-9H2,1-4H3,(H,28,29)/t11-,15-,16-,19-,22+,23-/m1/s1. The number of ether oxygens (including phenoxy) is 1.